The third-order valence-electron chi connectivity index (χ3n) is 4.68. The van der Waals surface area contributed by atoms with Crippen LogP contribution in [0.15, 0.2) is 24.3 Å². The number of rotatable bonds is 2. The fraction of sp³-hybridized carbons (Fsp3) is 0.562. The van der Waals surface area contributed by atoms with E-state index in [1.54, 1.807) is 0 Å². The zero-order chi connectivity index (χ0) is 15.0. The SMILES string of the molecule is O=C(c1ccccc1C(F)(F)F)C1CC2CCCCC2N1. The molecule has 2 nitrogen and oxygen atoms in total. The fourth-order valence-corrected chi connectivity index (χ4v) is 3.65. The maximum Gasteiger partial charge on any atom is 0.417 e. The van der Waals surface area contributed by atoms with Gasteiger partial charge in [-0.25, -0.2) is 0 Å². The Labute approximate surface area is 121 Å². The number of ketones is 1. The molecule has 1 aliphatic carbocycles. The summed E-state index contributed by atoms with van der Waals surface area (Å²) in [6.07, 6.45) is 0.558. The van der Waals surface area contributed by atoms with Crippen LogP contribution in [-0.2, 0) is 6.18 Å². The first-order valence-electron chi connectivity index (χ1n) is 7.43. The number of Topliss-reactive ketones (excluding diaryl/α,β-unsaturated/α-hetero) is 1. The molecule has 0 spiro atoms. The summed E-state index contributed by atoms with van der Waals surface area (Å²) in [5, 5.41) is 3.25. The van der Waals surface area contributed by atoms with Crippen molar-refractivity contribution in [1.29, 1.82) is 0 Å². The van der Waals surface area contributed by atoms with Gasteiger partial charge in [-0.3, -0.25) is 4.79 Å². The molecular formula is C16H18F3NO. The summed E-state index contributed by atoms with van der Waals surface area (Å²) in [6.45, 7) is 0. The van der Waals surface area contributed by atoms with Crippen LogP contribution < -0.4 is 5.32 Å². The summed E-state index contributed by atoms with van der Waals surface area (Å²) in [4.78, 5) is 12.5. The molecular weight excluding hydrogens is 279 g/mol. The van der Waals surface area contributed by atoms with Crippen LogP contribution >= 0.6 is 0 Å². The average molecular weight is 297 g/mol. The van der Waals surface area contributed by atoms with Crippen LogP contribution in [0.3, 0.4) is 0 Å². The van der Waals surface area contributed by atoms with E-state index in [0.29, 0.717) is 18.4 Å². The fourth-order valence-electron chi connectivity index (χ4n) is 3.65. The zero-order valence-corrected chi connectivity index (χ0v) is 11.6. The summed E-state index contributed by atoms with van der Waals surface area (Å²) < 4.78 is 39.1. The van der Waals surface area contributed by atoms with Gasteiger partial charge in [0.15, 0.2) is 5.78 Å². The number of halogens is 3. The molecule has 114 valence electrons. The summed E-state index contributed by atoms with van der Waals surface area (Å²) >= 11 is 0. The maximum atomic E-state index is 13.0. The van der Waals surface area contributed by atoms with Crippen molar-refractivity contribution < 1.29 is 18.0 Å². The van der Waals surface area contributed by atoms with E-state index in [9.17, 15) is 18.0 Å². The lowest BCUT2D eigenvalue weighted by Gasteiger charge is -2.24. The first kappa shape index (κ1) is 14.6. The highest BCUT2D eigenvalue weighted by Crippen LogP contribution is 2.36. The smallest absolute Gasteiger partial charge is 0.304 e. The molecule has 1 aromatic carbocycles. The molecule has 21 heavy (non-hydrogen) atoms. The molecule has 1 saturated heterocycles. The van der Waals surface area contributed by atoms with Gasteiger partial charge in [-0.15, -0.1) is 0 Å². The largest absolute Gasteiger partial charge is 0.417 e. The van der Waals surface area contributed by atoms with E-state index in [0.717, 1.165) is 31.7 Å². The molecule has 0 amide bonds. The minimum atomic E-state index is -4.49. The second-order valence-corrected chi connectivity index (χ2v) is 6.01. The van der Waals surface area contributed by atoms with Crippen molar-refractivity contribution in [3.05, 3.63) is 35.4 Å². The number of alkyl halides is 3. The van der Waals surface area contributed by atoms with Gasteiger partial charge in [-0.05, 0) is 31.2 Å². The molecule has 0 aromatic heterocycles. The molecule has 0 radical (unpaired) electrons. The van der Waals surface area contributed by atoms with Crippen LogP contribution in [0.25, 0.3) is 0 Å². The molecule has 5 heteroatoms. The van der Waals surface area contributed by atoms with Crippen LogP contribution in [-0.4, -0.2) is 17.9 Å². The molecule has 1 saturated carbocycles. The van der Waals surface area contributed by atoms with Crippen molar-refractivity contribution in [1.82, 2.24) is 5.32 Å². The van der Waals surface area contributed by atoms with Gasteiger partial charge in [0.2, 0.25) is 0 Å². The van der Waals surface area contributed by atoms with Crippen molar-refractivity contribution in [3.8, 4) is 0 Å². The molecule has 2 fully saturated rings. The van der Waals surface area contributed by atoms with E-state index in [1.165, 1.54) is 18.2 Å². The van der Waals surface area contributed by atoms with Crippen molar-refractivity contribution in [2.24, 2.45) is 5.92 Å². The van der Waals surface area contributed by atoms with Gasteiger partial charge < -0.3 is 5.32 Å². The lowest BCUT2D eigenvalue weighted by atomic mass is 9.84. The maximum absolute atomic E-state index is 13.0. The van der Waals surface area contributed by atoms with Gasteiger partial charge in [-0.1, -0.05) is 31.0 Å². The van der Waals surface area contributed by atoms with Crippen LogP contribution in [0, 0.1) is 5.92 Å². The minimum absolute atomic E-state index is 0.207. The Morgan fingerprint density at radius 2 is 1.86 bits per heavy atom. The van der Waals surface area contributed by atoms with Crippen molar-refractivity contribution in [2.45, 2.75) is 50.4 Å². The second-order valence-electron chi connectivity index (χ2n) is 6.01. The summed E-state index contributed by atoms with van der Waals surface area (Å²) in [7, 11) is 0. The van der Waals surface area contributed by atoms with Gasteiger partial charge in [-0.2, -0.15) is 13.2 Å². The lowest BCUT2D eigenvalue weighted by molar-refractivity contribution is -0.137. The third-order valence-corrected chi connectivity index (χ3v) is 4.68. The van der Waals surface area contributed by atoms with Gasteiger partial charge in [0.25, 0.3) is 0 Å². The van der Waals surface area contributed by atoms with Crippen LogP contribution in [0.2, 0.25) is 0 Å². The van der Waals surface area contributed by atoms with E-state index < -0.39 is 23.6 Å². The number of carbonyl (C=O) groups is 1. The van der Waals surface area contributed by atoms with Gasteiger partial charge in [0.1, 0.15) is 0 Å². The van der Waals surface area contributed by atoms with Gasteiger partial charge >= 0.3 is 6.18 Å². The normalized spacial score (nSPS) is 29.2. The molecule has 1 aromatic rings. The van der Waals surface area contributed by atoms with Crippen LogP contribution in [0.1, 0.15) is 48.0 Å². The Hall–Kier alpha value is -1.36. The standard InChI is InChI=1S/C16H18F3NO/c17-16(18,19)12-7-3-2-6-11(12)15(21)14-9-10-5-1-4-8-13(10)20-14/h2-3,6-7,10,13-14,20H,1,4-5,8-9H2. The minimum Gasteiger partial charge on any atom is -0.304 e. The first-order chi connectivity index (χ1) is 9.97. The molecule has 1 N–H and O–H groups in total. The monoisotopic (exact) mass is 297 g/mol. The Balaban J connectivity index is 1.83. The van der Waals surface area contributed by atoms with Crippen molar-refractivity contribution >= 4 is 5.78 Å². The molecule has 3 atom stereocenters. The first-order valence-corrected chi connectivity index (χ1v) is 7.43. The van der Waals surface area contributed by atoms with E-state index in [-0.39, 0.29) is 5.56 Å². The van der Waals surface area contributed by atoms with E-state index in [2.05, 4.69) is 5.32 Å². The van der Waals surface area contributed by atoms with E-state index >= 15 is 0 Å². The summed E-state index contributed by atoms with van der Waals surface area (Å²) in [5.41, 5.74) is -1.03. The Bertz CT molecular complexity index is 527. The van der Waals surface area contributed by atoms with Gasteiger partial charge in [0.05, 0.1) is 11.6 Å². The lowest BCUT2D eigenvalue weighted by Crippen LogP contribution is -2.37. The highest BCUT2D eigenvalue weighted by molar-refractivity contribution is 6.01. The molecule has 0 bridgehead atoms. The van der Waals surface area contributed by atoms with Crippen LogP contribution in [0.4, 0.5) is 13.2 Å². The quantitative estimate of drug-likeness (QED) is 0.841. The number of hydrogen-bond acceptors (Lipinski definition) is 2. The predicted octanol–water partition coefficient (Wildman–Crippen LogP) is 3.81. The van der Waals surface area contributed by atoms with E-state index in [4.69, 9.17) is 0 Å². The average Bonchev–Trinajstić information content (AvgIpc) is 2.89. The number of fused-ring (bicyclic) bond motifs is 1. The second kappa shape index (κ2) is 5.44. The molecule has 1 aliphatic heterocycles. The number of nitrogens with one attached hydrogen (secondary N) is 1. The third kappa shape index (κ3) is 2.84. The molecule has 2 aliphatic rings. The van der Waals surface area contributed by atoms with Crippen LogP contribution in [0.5, 0.6) is 0 Å². The van der Waals surface area contributed by atoms with Crippen molar-refractivity contribution in [2.75, 3.05) is 0 Å². The van der Waals surface area contributed by atoms with Gasteiger partial charge in [0, 0.05) is 11.6 Å². The van der Waals surface area contributed by atoms with E-state index in [1.807, 2.05) is 0 Å². The molecule has 3 unspecified atom stereocenters. The Kier molecular flexibility index (Phi) is 3.78. The van der Waals surface area contributed by atoms with Crippen molar-refractivity contribution in [3.63, 3.8) is 0 Å². The summed E-state index contributed by atoms with van der Waals surface area (Å²) in [6, 6.07) is 4.91. The molecule has 3 rings (SSSR count). The predicted molar refractivity (Wildman–Crippen MR) is 73.1 cm³/mol. The number of hydrogen-bond donors (Lipinski definition) is 1. The Morgan fingerprint density at radius 3 is 2.57 bits per heavy atom. The Morgan fingerprint density at radius 1 is 1.14 bits per heavy atom. The number of benzene rings is 1. The highest BCUT2D eigenvalue weighted by Gasteiger charge is 2.41. The zero-order valence-electron chi connectivity index (χ0n) is 11.6. The number of carbonyl (C=O) groups excluding carboxylic acids is 1. The highest BCUT2D eigenvalue weighted by atomic mass is 19.4. The topological polar surface area (TPSA) is 29.1 Å². The molecule has 1 heterocycles. The summed E-state index contributed by atoms with van der Waals surface area (Å²) in [5.74, 6) is 0.0167.